The number of nitrogens with one attached hydrogen (secondary N) is 1. The number of hydrogen-bond acceptors (Lipinski definition) is 5. The van der Waals surface area contributed by atoms with E-state index >= 15 is 0 Å². The van der Waals surface area contributed by atoms with E-state index in [9.17, 15) is 14.4 Å². The van der Waals surface area contributed by atoms with Crippen LogP contribution in [0.2, 0.25) is 0 Å². The van der Waals surface area contributed by atoms with Crippen LogP contribution in [0.5, 0.6) is 5.75 Å². The van der Waals surface area contributed by atoms with Gasteiger partial charge in [-0.05, 0) is 62.6 Å². The van der Waals surface area contributed by atoms with Crippen molar-refractivity contribution in [1.29, 1.82) is 0 Å². The SMILES string of the molecule is COc1ccc2c(c1)CCCN2C(=O)CN1C(=O)NC(C)(c2ccc(C)o2)C1=O. The average molecular weight is 397 g/mol. The molecule has 152 valence electrons. The van der Waals surface area contributed by atoms with Gasteiger partial charge >= 0.3 is 6.03 Å². The van der Waals surface area contributed by atoms with Gasteiger partial charge in [0.2, 0.25) is 5.91 Å². The Kier molecular flexibility index (Phi) is 4.56. The zero-order valence-corrected chi connectivity index (χ0v) is 16.7. The Hall–Kier alpha value is -3.29. The minimum absolute atomic E-state index is 0.306. The van der Waals surface area contributed by atoms with Gasteiger partial charge in [0.25, 0.3) is 5.91 Å². The van der Waals surface area contributed by atoms with E-state index in [1.54, 1.807) is 44.1 Å². The number of amides is 4. The molecule has 4 amide bonds. The summed E-state index contributed by atoms with van der Waals surface area (Å²) in [5.41, 5.74) is 0.481. The Morgan fingerprint density at radius 1 is 1.28 bits per heavy atom. The minimum Gasteiger partial charge on any atom is -0.497 e. The number of rotatable bonds is 4. The zero-order valence-electron chi connectivity index (χ0n) is 16.7. The number of furan rings is 1. The summed E-state index contributed by atoms with van der Waals surface area (Å²) in [5.74, 6) is 0.908. The van der Waals surface area contributed by atoms with Crippen LogP contribution in [0, 0.1) is 6.92 Å². The van der Waals surface area contributed by atoms with Gasteiger partial charge in [0.05, 0.1) is 7.11 Å². The number of aryl methyl sites for hydroxylation is 2. The molecule has 29 heavy (non-hydrogen) atoms. The molecule has 0 aliphatic carbocycles. The molecule has 2 aliphatic rings. The quantitative estimate of drug-likeness (QED) is 0.800. The number of fused-ring (bicyclic) bond motifs is 1. The number of benzene rings is 1. The summed E-state index contributed by atoms with van der Waals surface area (Å²) in [7, 11) is 1.60. The molecule has 0 saturated carbocycles. The van der Waals surface area contributed by atoms with Crippen LogP contribution in [0.1, 0.15) is 30.4 Å². The van der Waals surface area contributed by atoms with Gasteiger partial charge in [-0.25, -0.2) is 4.79 Å². The molecule has 0 spiro atoms. The first-order chi connectivity index (χ1) is 13.8. The third kappa shape index (κ3) is 3.14. The first-order valence-corrected chi connectivity index (χ1v) is 9.52. The Labute approximate surface area is 168 Å². The highest BCUT2D eigenvalue weighted by Crippen LogP contribution is 2.32. The highest BCUT2D eigenvalue weighted by atomic mass is 16.5. The van der Waals surface area contributed by atoms with Gasteiger partial charge in [0.1, 0.15) is 23.8 Å². The van der Waals surface area contributed by atoms with Gasteiger partial charge in [-0.2, -0.15) is 0 Å². The lowest BCUT2D eigenvalue weighted by Crippen LogP contribution is -2.46. The molecule has 1 atom stereocenters. The molecule has 0 radical (unpaired) electrons. The van der Waals surface area contributed by atoms with Gasteiger partial charge in [-0.1, -0.05) is 0 Å². The van der Waals surface area contributed by atoms with Crippen molar-refractivity contribution in [3.63, 3.8) is 0 Å². The zero-order chi connectivity index (χ0) is 20.8. The Bertz CT molecular complexity index is 998. The van der Waals surface area contributed by atoms with E-state index in [1.807, 2.05) is 12.1 Å². The molecule has 8 heteroatoms. The van der Waals surface area contributed by atoms with Crippen LogP contribution in [0.15, 0.2) is 34.7 Å². The Morgan fingerprint density at radius 2 is 2.07 bits per heavy atom. The number of ether oxygens (including phenoxy) is 1. The fraction of sp³-hybridized carbons (Fsp3) is 0.381. The second-order valence-corrected chi connectivity index (χ2v) is 7.50. The molecule has 1 aromatic heterocycles. The minimum atomic E-state index is -1.32. The normalized spacial score (nSPS) is 21.2. The number of anilines is 1. The predicted molar refractivity (Wildman–Crippen MR) is 105 cm³/mol. The Balaban J connectivity index is 1.55. The van der Waals surface area contributed by atoms with Gasteiger partial charge < -0.3 is 19.4 Å². The van der Waals surface area contributed by atoms with Gasteiger partial charge in [0.15, 0.2) is 5.54 Å². The molecule has 8 nitrogen and oxygen atoms in total. The molecule has 1 N–H and O–H groups in total. The smallest absolute Gasteiger partial charge is 0.325 e. The molecule has 1 unspecified atom stereocenters. The molecule has 0 bridgehead atoms. The first-order valence-electron chi connectivity index (χ1n) is 9.52. The highest BCUT2D eigenvalue weighted by molar-refractivity contribution is 6.10. The molecule has 1 saturated heterocycles. The van der Waals surface area contributed by atoms with Crippen molar-refractivity contribution >= 4 is 23.5 Å². The Morgan fingerprint density at radius 3 is 2.76 bits per heavy atom. The van der Waals surface area contributed by atoms with Crippen LogP contribution in [0.25, 0.3) is 0 Å². The number of hydrogen-bond donors (Lipinski definition) is 1. The fourth-order valence-corrected chi connectivity index (χ4v) is 3.89. The molecule has 4 rings (SSSR count). The van der Waals surface area contributed by atoms with Crippen LogP contribution in [0.4, 0.5) is 10.5 Å². The highest BCUT2D eigenvalue weighted by Gasteiger charge is 2.51. The number of carbonyl (C=O) groups excluding carboxylic acids is 3. The van der Waals surface area contributed by atoms with Gasteiger partial charge in [-0.3, -0.25) is 14.5 Å². The van der Waals surface area contributed by atoms with Crippen molar-refractivity contribution in [2.75, 3.05) is 25.1 Å². The van der Waals surface area contributed by atoms with E-state index in [2.05, 4.69) is 5.32 Å². The lowest BCUT2D eigenvalue weighted by atomic mass is 9.99. The fourth-order valence-electron chi connectivity index (χ4n) is 3.89. The third-order valence-electron chi connectivity index (χ3n) is 5.51. The summed E-state index contributed by atoms with van der Waals surface area (Å²) in [6.45, 7) is 3.55. The molecule has 2 aliphatic heterocycles. The predicted octanol–water partition coefficient (Wildman–Crippen LogP) is 2.34. The molecule has 2 aromatic rings. The summed E-state index contributed by atoms with van der Waals surface area (Å²) in [5, 5.41) is 2.66. The van der Waals surface area contributed by atoms with Crippen molar-refractivity contribution < 1.29 is 23.5 Å². The average Bonchev–Trinajstić information content (AvgIpc) is 3.24. The molecular formula is C21H23N3O5. The van der Waals surface area contributed by atoms with Crippen molar-refractivity contribution in [2.45, 2.75) is 32.2 Å². The van der Waals surface area contributed by atoms with E-state index in [0.717, 1.165) is 34.7 Å². The number of methoxy groups -OCH3 is 1. The lowest BCUT2D eigenvalue weighted by Gasteiger charge is -2.30. The van der Waals surface area contributed by atoms with Crippen LogP contribution in [-0.2, 0) is 21.5 Å². The maximum atomic E-state index is 13.0. The van der Waals surface area contributed by atoms with Crippen LogP contribution < -0.4 is 15.0 Å². The second kappa shape index (κ2) is 6.95. The van der Waals surface area contributed by atoms with E-state index in [0.29, 0.717) is 18.1 Å². The second-order valence-electron chi connectivity index (χ2n) is 7.50. The maximum Gasteiger partial charge on any atom is 0.325 e. The summed E-state index contributed by atoms with van der Waals surface area (Å²) in [6.07, 6.45) is 1.64. The maximum absolute atomic E-state index is 13.0. The number of urea groups is 1. The van der Waals surface area contributed by atoms with E-state index in [-0.39, 0.29) is 12.5 Å². The third-order valence-corrected chi connectivity index (χ3v) is 5.51. The number of imide groups is 1. The lowest BCUT2D eigenvalue weighted by molar-refractivity contribution is -0.134. The van der Waals surface area contributed by atoms with E-state index in [4.69, 9.17) is 9.15 Å². The van der Waals surface area contributed by atoms with Crippen molar-refractivity contribution in [2.24, 2.45) is 0 Å². The van der Waals surface area contributed by atoms with E-state index < -0.39 is 17.5 Å². The van der Waals surface area contributed by atoms with Crippen molar-refractivity contribution in [3.8, 4) is 5.75 Å². The van der Waals surface area contributed by atoms with Crippen LogP contribution >= 0.6 is 0 Å². The number of nitrogens with zero attached hydrogens (tertiary/aromatic N) is 2. The molecule has 3 heterocycles. The standard InChI is InChI=1S/C21H23N3O5/c1-13-6-9-17(29-13)21(2)19(26)24(20(27)22-21)12-18(25)23-10-4-5-14-11-15(28-3)7-8-16(14)23/h6-9,11H,4-5,10,12H2,1-3H3,(H,22,27). The number of carbonyl (C=O) groups is 3. The van der Waals surface area contributed by atoms with Gasteiger partial charge in [0, 0.05) is 12.2 Å². The van der Waals surface area contributed by atoms with Gasteiger partial charge in [-0.15, -0.1) is 0 Å². The van der Waals surface area contributed by atoms with Crippen LogP contribution in [-0.4, -0.2) is 42.9 Å². The summed E-state index contributed by atoms with van der Waals surface area (Å²) < 4.78 is 10.8. The summed E-state index contributed by atoms with van der Waals surface area (Å²) >= 11 is 0. The van der Waals surface area contributed by atoms with E-state index in [1.165, 1.54) is 0 Å². The van der Waals surface area contributed by atoms with Crippen molar-refractivity contribution in [3.05, 3.63) is 47.4 Å². The monoisotopic (exact) mass is 397 g/mol. The first kappa shape index (κ1) is 19.0. The molecule has 1 aromatic carbocycles. The largest absolute Gasteiger partial charge is 0.497 e. The van der Waals surface area contributed by atoms with Crippen LogP contribution in [0.3, 0.4) is 0 Å². The molecule has 1 fully saturated rings. The summed E-state index contributed by atoms with van der Waals surface area (Å²) in [6, 6.07) is 8.34. The van der Waals surface area contributed by atoms with Crippen molar-refractivity contribution in [1.82, 2.24) is 10.2 Å². The molecular weight excluding hydrogens is 374 g/mol. The topological polar surface area (TPSA) is 92.1 Å². The summed E-state index contributed by atoms with van der Waals surface area (Å²) in [4.78, 5) is 41.1.